The van der Waals surface area contributed by atoms with Gasteiger partial charge in [0.05, 0.1) is 11.2 Å². The van der Waals surface area contributed by atoms with E-state index in [9.17, 15) is 14.0 Å². The number of hydrogen-bond donors (Lipinski definition) is 1. The first-order valence-electron chi connectivity index (χ1n) is 8.13. The van der Waals surface area contributed by atoms with Gasteiger partial charge in [-0.25, -0.2) is 14.2 Å². The number of nitrogens with zero attached hydrogens (tertiary/aromatic N) is 2. The first-order valence-corrected chi connectivity index (χ1v) is 8.94. The average molecular weight is 383 g/mol. The molecular formula is C19H14FN3O3S. The Morgan fingerprint density at radius 2 is 1.96 bits per heavy atom. The fourth-order valence-electron chi connectivity index (χ4n) is 2.79. The van der Waals surface area contributed by atoms with E-state index in [1.54, 1.807) is 36.4 Å². The number of hydrogen-bond acceptors (Lipinski definition) is 5. The number of oxazole rings is 1. The standard InChI is InChI=1S/C19H14FN3O3S/c1-11-17(12-6-8-13(20)9-7-12)22-18(27-11)21-16(24)10-23-14-4-2-3-5-15(14)26-19(23)25/h2-9H,10H2,1H3,(H,21,22,24). The third-order valence-corrected chi connectivity index (χ3v) is 4.92. The van der Waals surface area contributed by atoms with E-state index in [-0.39, 0.29) is 18.3 Å². The molecular weight excluding hydrogens is 369 g/mol. The number of anilines is 1. The van der Waals surface area contributed by atoms with Crippen LogP contribution < -0.4 is 11.1 Å². The van der Waals surface area contributed by atoms with Crippen LogP contribution in [0.4, 0.5) is 9.52 Å². The Hall–Kier alpha value is -3.26. The normalized spacial score (nSPS) is 11.0. The summed E-state index contributed by atoms with van der Waals surface area (Å²) >= 11 is 1.31. The third kappa shape index (κ3) is 3.39. The quantitative estimate of drug-likeness (QED) is 0.581. The Morgan fingerprint density at radius 3 is 2.74 bits per heavy atom. The molecule has 4 rings (SSSR count). The van der Waals surface area contributed by atoms with Gasteiger partial charge in [-0.3, -0.25) is 9.36 Å². The zero-order valence-corrected chi connectivity index (χ0v) is 15.0. The van der Waals surface area contributed by atoms with Crippen molar-refractivity contribution in [3.05, 3.63) is 69.8 Å². The number of benzene rings is 2. The van der Waals surface area contributed by atoms with Gasteiger partial charge in [0.25, 0.3) is 0 Å². The molecule has 0 saturated carbocycles. The van der Waals surface area contributed by atoms with E-state index in [2.05, 4.69) is 10.3 Å². The van der Waals surface area contributed by atoms with E-state index in [1.165, 1.54) is 28.0 Å². The Morgan fingerprint density at radius 1 is 1.22 bits per heavy atom. The molecule has 0 radical (unpaired) electrons. The van der Waals surface area contributed by atoms with Crippen LogP contribution in [-0.2, 0) is 11.3 Å². The average Bonchev–Trinajstić information content (AvgIpc) is 3.15. The van der Waals surface area contributed by atoms with E-state index >= 15 is 0 Å². The van der Waals surface area contributed by atoms with E-state index in [0.717, 1.165) is 10.4 Å². The Balaban J connectivity index is 1.55. The summed E-state index contributed by atoms with van der Waals surface area (Å²) in [5.41, 5.74) is 2.43. The summed E-state index contributed by atoms with van der Waals surface area (Å²) in [5, 5.41) is 3.12. The second kappa shape index (κ2) is 6.81. The molecule has 0 spiro atoms. The highest BCUT2D eigenvalue weighted by Gasteiger charge is 2.15. The monoisotopic (exact) mass is 383 g/mol. The first-order chi connectivity index (χ1) is 13.0. The lowest BCUT2D eigenvalue weighted by Crippen LogP contribution is -2.24. The van der Waals surface area contributed by atoms with E-state index in [0.29, 0.717) is 21.9 Å². The molecule has 0 saturated heterocycles. The van der Waals surface area contributed by atoms with Crippen molar-refractivity contribution in [2.45, 2.75) is 13.5 Å². The van der Waals surface area contributed by atoms with Crippen LogP contribution in [0, 0.1) is 12.7 Å². The topological polar surface area (TPSA) is 77.1 Å². The number of fused-ring (bicyclic) bond motifs is 1. The highest BCUT2D eigenvalue weighted by molar-refractivity contribution is 7.16. The number of rotatable bonds is 4. The molecule has 0 unspecified atom stereocenters. The number of nitrogens with one attached hydrogen (secondary N) is 1. The lowest BCUT2D eigenvalue weighted by atomic mass is 10.1. The molecule has 27 heavy (non-hydrogen) atoms. The van der Waals surface area contributed by atoms with Crippen molar-refractivity contribution in [3.8, 4) is 11.3 Å². The highest BCUT2D eigenvalue weighted by Crippen LogP contribution is 2.30. The summed E-state index contributed by atoms with van der Waals surface area (Å²) in [6.07, 6.45) is 0. The predicted molar refractivity (Wildman–Crippen MR) is 101 cm³/mol. The van der Waals surface area contributed by atoms with E-state index in [4.69, 9.17) is 4.42 Å². The number of halogens is 1. The van der Waals surface area contributed by atoms with Gasteiger partial charge < -0.3 is 9.73 Å². The second-order valence-corrected chi connectivity index (χ2v) is 7.10. The van der Waals surface area contributed by atoms with Crippen molar-refractivity contribution in [2.24, 2.45) is 0 Å². The summed E-state index contributed by atoms with van der Waals surface area (Å²) < 4.78 is 19.5. The smallest absolute Gasteiger partial charge is 0.408 e. The maximum atomic E-state index is 13.1. The molecule has 2 heterocycles. The molecule has 0 atom stereocenters. The number of para-hydroxylation sites is 2. The van der Waals surface area contributed by atoms with Gasteiger partial charge in [-0.05, 0) is 43.3 Å². The summed E-state index contributed by atoms with van der Waals surface area (Å²) in [7, 11) is 0. The predicted octanol–water partition coefficient (Wildman–Crippen LogP) is 3.80. The Bertz CT molecular complexity index is 1190. The fourth-order valence-corrected chi connectivity index (χ4v) is 3.64. The summed E-state index contributed by atoms with van der Waals surface area (Å²) in [6, 6.07) is 12.9. The lowest BCUT2D eigenvalue weighted by molar-refractivity contribution is -0.116. The van der Waals surface area contributed by atoms with Crippen LogP contribution >= 0.6 is 11.3 Å². The zero-order chi connectivity index (χ0) is 19.0. The van der Waals surface area contributed by atoms with Gasteiger partial charge >= 0.3 is 5.76 Å². The van der Waals surface area contributed by atoms with Crippen LogP contribution in [0.1, 0.15) is 4.88 Å². The molecule has 8 heteroatoms. The SMILES string of the molecule is Cc1sc(NC(=O)Cn2c(=O)oc3ccccc32)nc1-c1ccc(F)cc1. The maximum Gasteiger partial charge on any atom is 0.420 e. The van der Waals surface area contributed by atoms with Gasteiger partial charge in [-0.1, -0.05) is 12.1 Å². The van der Waals surface area contributed by atoms with Gasteiger partial charge in [0.15, 0.2) is 10.7 Å². The molecule has 6 nitrogen and oxygen atoms in total. The van der Waals surface area contributed by atoms with Crippen molar-refractivity contribution in [2.75, 3.05) is 5.32 Å². The minimum absolute atomic E-state index is 0.180. The van der Waals surface area contributed by atoms with Gasteiger partial charge in [0, 0.05) is 10.4 Å². The molecule has 136 valence electrons. The van der Waals surface area contributed by atoms with E-state index < -0.39 is 5.76 Å². The van der Waals surface area contributed by atoms with Gasteiger partial charge in [0.2, 0.25) is 5.91 Å². The minimum Gasteiger partial charge on any atom is -0.408 e. The molecule has 0 aliphatic carbocycles. The Kier molecular flexibility index (Phi) is 4.33. The number of aryl methyl sites for hydroxylation is 1. The number of carbonyl (C=O) groups excluding carboxylic acids is 1. The van der Waals surface area contributed by atoms with Crippen molar-refractivity contribution in [3.63, 3.8) is 0 Å². The van der Waals surface area contributed by atoms with Gasteiger partial charge in [-0.15, -0.1) is 11.3 Å². The molecule has 0 fully saturated rings. The minimum atomic E-state index is -0.589. The van der Waals surface area contributed by atoms with Crippen LogP contribution in [0.2, 0.25) is 0 Å². The first kappa shape index (κ1) is 17.2. The number of amides is 1. The van der Waals surface area contributed by atoms with Crippen LogP contribution in [0.15, 0.2) is 57.7 Å². The van der Waals surface area contributed by atoms with Crippen molar-refractivity contribution in [1.82, 2.24) is 9.55 Å². The van der Waals surface area contributed by atoms with Crippen molar-refractivity contribution < 1.29 is 13.6 Å². The van der Waals surface area contributed by atoms with Crippen LogP contribution in [0.3, 0.4) is 0 Å². The number of carbonyl (C=O) groups is 1. The summed E-state index contributed by atoms with van der Waals surface area (Å²) in [4.78, 5) is 29.7. The van der Waals surface area contributed by atoms with Gasteiger partial charge in [0.1, 0.15) is 12.4 Å². The molecule has 4 aromatic rings. The van der Waals surface area contributed by atoms with E-state index in [1.807, 2.05) is 6.92 Å². The Labute approximate surface area is 156 Å². The molecule has 2 aromatic heterocycles. The molecule has 0 aliphatic rings. The van der Waals surface area contributed by atoms with Gasteiger partial charge in [-0.2, -0.15) is 0 Å². The second-order valence-electron chi connectivity index (χ2n) is 5.90. The number of thiazole rings is 1. The molecule has 0 aliphatic heterocycles. The zero-order valence-electron chi connectivity index (χ0n) is 14.2. The highest BCUT2D eigenvalue weighted by atomic mass is 32.1. The van der Waals surface area contributed by atoms with Crippen molar-refractivity contribution in [1.29, 1.82) is 0 Å². The van der Waals surface area contributed by atoms with Crippen molar-refractivity contribution >= 4 is 33.5 Å². The molecule has 1 amide bonds. The molecule has 0 bridgehead atoms. The van der Waals surface area contributed by atoms with Crippen LogP contribution in [0.5, 0.6) is 0 Å². The lowest BCUT2D eigenvalue weighted by Gasteiger charge is -2.02. The fraction of sp³-hybridized carbons (Fsp3) is 0.105. The maximum absolute atomic E-state index is 13.1. The third-order valence-electron chi connectivity index (χ3n) is 4.04. The van der Waals surface area contributed by atoms with Crippen LogP contribution in [0.25, 0.3) is 22.4 Å². The molecule has 2 aromatic carbocycles. The molecule has 1 N–H and O–H groups in total. The number of aromatic nitrogens is 2. The summed E-state index contributed by atoms with van der Waals surface area (Å²) in [6.45, 7) is 1.69. The summed E-state index contributed by atoms with van der Waals surface area (Å²) in [5.74, 6) is -1.30. The largest absolute Gasteiger partial charge is 0.420 e. The van der Waals surface area contributed by atoms with Crippen LogP contribution in [-0.4, -0.2) is 15.5 Å².